The Bertz CT molecular complexity index is 608. The molecule has 0 aromatic heterocycles. The summed E-state index contributed by atoms with van der Waals surface area (Å²) in [7, 11) is 0. The molecule has 2 heterocycles. The van der Waals surface area contributed by atoms with Crippen LogP contribution in [0.15, 0.2) is 30.3 Å². The van der Waals surface area contributed by atoms with Crippen LogP contribution in [0, 0.1) is 0 Å². The first-order valence-corrected chi connectivity index (χ1v) is 8.19. The molecule has 1 spiro atoms. The number of benzene rings is 1. The number of hydrogen-bond acceptors (Lipinski definition) is 5. The predicted octanol–water partition coefficient (Wildman–Crippen LogP) is 2.23. The molecule has 2 aliphatic rings. The highest BCUT2D eigenvalue weighted by molar-refractivity contribution is 5.72. The van der Waals surface area contributed by atoms with Crippen LogP contribution in [-0.4, -0.2) is 52.0 Å². The number of carboxylic acids is 1. The monoisotopic (exact) mass is 334 g/mol. The lowest BCUT2D eigenvalue weighted by Crippen LogP contribution is -2.49. The summed E-state index contributed by atoms with van der Waals surface area (Å²) in [6, 6.07) is 8.75. The van der Waals surface area contributed by atoms with E-state index in [1.54, 1.807) is 11.8 Å². The highest BCUT2D eigenvalue weighted by Crippen LogP contribution is 2.40. The van der Waals surface area contributed by atoms with Crippen LogP contribution in [0.5, 0.6) is 0 Å². The number of carbonyl (C=O) groups excluding carboxylic acids is 1. The SMILES string of the molecule is C[C@@H](C(=O)O)N1CCC2(CCCN2C(=O)OCc2ccccc2)O1. The van der Waals surface area contributed by atoms with E-state index in [-0.39, 0.29) is 6.61 Å². The van der Waals surface area contributed by atoms with Crippen molar-refractivity contribution in [1.82, 2.24) is 9.96 Å². The molecule has 2 saturated heterocycles. The molecule has 2 atom stereocenters. The molecule has 1 aromatic rings. The molecule has 3 rings (SSSR count). The van der Waals surface area contributed by atoms with E-state index in [0.717, 1.165) is 12.0 Å². The molecule has 130 valence electrons. The van der Waals surface area contributed by atoms with Crippen molar-refractivity contribution in [2.24, 2.45) is 0 Å². The van der Waals surface area contributed by atoms with Gasteiger partial charge in [0.05, 0.1) is 0 Å². The maximum atomic E-state index is 12.5. The number of aliphatic carboxylic acids is 1. The number of amides is 1. The van der Waals surface area contributed by atoms with Crippen LogP contribution in [0.2, 0.25) is 0 Å². The number of nitrogens with zero attached hydrogens (tertiary/aromatic N) is 2. The van der Waals surface area contributed by atoms with Gasteiger partial charge in [-0.3, -0.25) is 14.5 Å². The van der Waals surface area contributed by atoms with E-state index in [1.807, 2.05) is 30.3 Å². The van der Waals surface area contributed by atoms with Crippen molar-refractivity contribution in [2.45, 2.75) is 44.6 Å². The van der Waals surface area contributed by atoms with Gasteiger partial charge >= 0.3 is 12.1 Å². The highest BCUT2D eigenvalue weighted by atomic mass is 16.7. The fourth-order valence-corrected chi connectivity index (χ4v) is 3.25. The van der Waals surface area contributed by atoms with Gasteiger partial charge in [0.2, 0.25) is 0 Å². The lowest BCUT2D eigenvalue weighted by molar-refractivity contribution is -0.246. The summed E-state index contributed by atoms with van der Waals surface area (Å²) in [4.78, 5) is 31.1. The van der Waals surface area contributed by atoms with Crippen molar-refractivity contribution < 1.29 is 24.3 Å². The second kappa shape index (κ2) is 6.78. The van der Waals surface area contributed by atoms with E-state index < -0.39 is 23.8 Å². The number of hydrogen-bond donors (Lipinski definition) is 1. The minimum absolute atomic E-state index is 0.210. The quantitative estimate of drug-likeness (QED) is 0.909. The number of hydroxylamine groups is 2. The number of ether oxygens (including phenoxy) is 1. The Balaban J connectivity index is 1.63. The Morgan fingerprint density at radius 1 is 1.29 bits per heavy atom. The zero-order valence-corrected chi connectivity index (χ0v) is 13.7. The minimum Gasteiger partial charge on any atom is -0.480 e. The number of likely N-dealkylation sites (tertiary alicyclic amines) is 1. The topological polar surface area (TPSA) is 79.3 Å². The standard InChI is InChI=1S/C17H22N2O5/c1-13(15(20)21)19-11-9-17(24-19)8-5-10-18(17)16(22)23-12-14-6-3-2-4-7-14/h2-4,6-7,13H,5,8-12H2,1H3,(H,20,21)/t13-,17?/m0/s1. The summed E-state index contributed by atoms with van der Waals surface area (Å²) in [6.45, 7) is 2.83. The van der Waals surface area contributed by atoms with Crippen molar-refractivity contribution in [3.8, 4) is 0 Å². The molecule has 7 nitrogen and oxygen atoms in total. The second-order valence-electron chi connectivity index (χ2n) is 6.24. The van der Waals surface area contributed by atoms with Gasteiger partial charge in [0.1, 0.15) is 12.6 Å². The summed E-state index contributed by atoms with van der Waals surface area (Å²) in [5.41, 5.74) is 0.157. The molecule has 1 amide bonds. The van der Waals surface area contributed by atoms with Gasteiger partial charge in [-0.2, -0.15) is 5.06 Å². The minimum atomic E-state index is -0.941. The fraction of sp³-hybridized carbons (Fsp3) is 0.529. The molecular formula is C17H22N2O5. The number of carbonyl (C=O) groups is 2. The van der Waals surface area contributed by atoms with Crippen molar-refractivity contribution in [3.05, 3.63) is 35.9 Å². The molecule has 2 aliphatic heterocycles. The predicted molar refractivity (Wildman–Crippen MR) is 84.8 cm³/mol. The molecule has 2 fully saturated rings. The maximum absolute atomic E-state index is 12.5. The zero-order chi connectivity index (χ0) is 17.2. The summed E-state index contributed by atoms with van der Waals surface area (Å²) < 4.78 is 5.41. The molecule has 1 aromatic carbocycles. The Hall–Kier alpha value is -2.12. The number of carboxylic acid groups (broad SMARTS) is 1. The van der Waals surface area contributed by atoms with Crippen LogP contribution < -0.4 is 0 Å². The van der Waals surface area contributed by atoms with E-state index in [4.69, 9.17) is 14.7 Å². The molecule has 0 radical (unpaired) electrons. The van der Waals surface area contributed by atoms with Crippen molar-refractivity contribution >= 4 is 12.1 Å². The summed E-state index contributed by atoms with van der Waals surface area (Å²) in [6.07, 6.45) is 1.68. The van der Waals surface area contributed by atoms with Gasteiger partial charge in [0.25, 0.3) is 0 Å². The third kappa shape index (κ3) is 3.22. The Morgan fingerprint density at radius 2 is 2.04 bits per heavy atom. The molecule has 0 saturated carbocycles. The molecule has 7 heteroatoms. The van der Waals surface area contributed by atoms with Crippen molar-refractivity contribution in [1.29, 1.82) is 0 Å². The van der Waals surface area contributed by atoms with Gasteiger partial charge in [-0.15, -0.1) is 0 Å². The van der Waals surface area contributed by atoms with Crippen LogP contribution >= 0.6 is 0 Å². The van der Waals surface area contributed by atoms with E-state index in [0.29, 0.717) is 25.9 Å². The summed E-state index contributed by atoms with van der Waals surface area (Å²) in [5.74, 6) is -0.941. The average Bonchev–Trinajstić information content (AvgIpc) is 3.20. The normalized spacial score (nSPS) is 25.1. The first-order chi connectivity index (χ1) is 11.5. The van der Waals surface area contributed by atoms with Gasteiger partial charge in [-0.05, 0) is 25.3 Å². The smallest absolute Gasteiger partial charge is 0.412 e. The van der Waals surface area contributed by atoms with Gasteiger partial charge in [-0.1, -0.05) is 30.3 Å². The highest BCUT2D eigenvalue weighted by Gasteiger charge is 2.52. The van der Waals surface area contributed by atoms with Gasteiger partial charge in [-0.25, -0.2) is 4.79 Å². The first kappa shape index (κ1) is 16.7. The average molecular weight is 334 g/mol. The third-order valence-electron chi connectivity index (χ3n) is 4.67. The second-order valence-corrected chi connectivity index (χ2v) is 6.24. The fourth-order valence-electron chi connectivity index (χ4n) is 3.25. The first-order valence-electron chi connectivity index (χ1n) is 8.19. The Labute approximate surface area is 140 Å². The molecule has 0 aliphatic carbocycles. The van der Waals surface area contributed by atoms with Gasteiger partial charge in [0, 0.05) is 19.5 Å². The van der Waals surface area contributed by atoms with Gasteiger partial charge in [0.15, 0.2) is 5.72 Å². The maximum Gasteiger partial charge on any atom is 0.412 e. The summed E-state index contributed by atoms with van der Waals surface area (Å²) >= 11 is 0. The van der Waals surface area contributed by atoms with E-state index in [9.17, 15) is 9.59 Å². The van der Waals surface area contributed by atoms with E-state index in [1.165, 1.54) is 5.06 Å². The Morgan fingerprint density at radius 3 is 2.75 bits per heavy atom. The largest absolute Gasteiger partial charge is 0.480 e. The van der Waals surface area contributed by atoms with Gasteiger partial charge < -0.3 is 9.84 Å². The lowest BCUT2D eigenvalue weighted by Gasteiger charge is -2.34. The van der Waals surface area contributed by atoms with E-state index >= 15 is 0 Å². The van der Waals surface area contributed by atoms with E-state index in [2.05, 4.69) is 0 Å². The van der Waals surface area contributed by atoms with Crippen LogP contribution in [0.1, 0.15) is 31.7 Å². The Kier molecular flexibility index (Phi) is 4.73. The molecular weight excluding hydrogens is 312 g/mol. The van der Waals surface area contributed by atoms with Crippen LogP contribution in [-0.2, 0) is 21.0 Å². The van der Waals surface area contributed by atoms with Crippen molar-refractivity contribution in [2.75, 3.05) is 13.1 Å². The van der Waals surface area contributed by atoms with Crippen LogP contribution in [0.25, 0.3) is 0 Å². The van der Waals surface area contributed by atoms with Crippen LogP contribution in [0.3, 0.4) is 0 Å². The number of rotatable bonds is 4. The molecule has 1 unspecified atom stereocenters. The zero-order valence-electron chi connectivity index (χ0n) is 13.7. The molecule has 24 heavy (non-hydrogen) atoms. The van der Waals surface area contributed by atoms with Crippen molar-refractivity contribution in [3.63, 3.8) is 0 Å². The molecule has 1 N–H and O–H groups in total. The third-order valence-corrected chi connectivity index (χ3v) is 4.67. The molecule has 0 bridgehead atoms. The summed E-state index contributed by atoms with van der Waals surface area (Å²) in [5, 5.41) is 10.6. The van der Waals surface area contributed by atoms with Crippen LogP contribution in [0.4, 0.5) is 4.79 Å². The lowest BCUT2D eigenvalue weighted by atomic mass is 10.1.